The summed E-state index contributed by atoms with van der Waals surface area (Å²) in [6.45, 7) is 0. The number of nitrogens with two attached hydrogens (primary N) is 1. The van der Waals surface area contributed by atoms with Crippen LogP contribution in [0.15, 0.2) is 42.5 Å². The van der Waals surface area contributed by atoms with Crippen molar-refractivity contribution in [2.75, 3.05) is 0 Å². The summed E-state index contributed by atoms with van der Waals surface area (Å²) in [6, 6.07) is 5.77. The van der Waals surface area contributed by atoms with Crippen molar-refractivity contribution in [1.82, 2.24) is 5.43 Å². The molecule has 0 heterocycles. The molecule has 2 rings (SSSR count). The highest BCUT2D eigenvalue weighted by Gasteiger charge is 2.35. The molecular weight excluding hydrogens is 291 g/mol. The Morgan fingerprint density at radius 2 is 1.48 bits per heavy atom. The van der Waals surface area contributed by atoms with E-state index in [1.807, 2.05) is 0 Å². The van der Waals surface area contributed by atoms with E-state index in [1.54, 1.807) is 0 Å². The molecule has 0 aromatic heterocycles. The standard InChI is InChI=1S/C14H11F5N2/c15-9-3-1-8(2-4-9)13(21-20)11-7-10(16)5-6-12(11)14(17,18)19/h1-7,13,21H,20H2. The molecule has 0 fully saturated rings. The Balaban J connectivity index is 2.56. The van der Waals surface area contributed by atoms with Gasteiger partial charge in [0.05, 0.1) is 11.6 Å². The van der Waals surface area contributed by atoms with Crippen molar-refractivity contribution in [3.63, 3.8) is 0 Å². The second-order valence-electron chi connectivity index (χ2n) is 4.38. The van der Waals surface area contributed by atoms with Crippen LogP contribution in [0.5, 0.6) is 0 Å². The van der Waals surface area contributed by atoms with E-state index in [9.17, 15) is 22.0 Å². The number of nitrogens with one attached hydrogen (secondary N) is 1. The zero-order valence-electron chi connectivity index (χ0n) is 10.6. The third-order valence-corrected chi connectivity index (χ3v) is 3.00. The maximum absolute atomic E-state index is 13.3. The van der Waals surface area contributed by atoms with Gasteiger partial charge in [0.25, 0.3) is 0 Å². The van der Waals surface area contributed by atoms with Crippen molar-refractivity contribution in [3.8, 4) is 0 Å². The summed E-state index contributed by atoms with van der Waals surface area (Å²) in [6.07, 6.45) is -4.65. The zero-order valence-corrected chi connectivity index (χ0v) is 10.6. The number of hydrogen-bond donors (Lipinski definition) is 2. The molecule has 2 aromatic rings. The third-order valence-electron chi connectivity index (χ3n) is 3.00. The first-order chi connectivity index (χ1) is 9.82. The van der Waals surface area contributed by atoms with Gasteiger partial charge in [0.15, 0.2) is 0 Å². The number of halogens is 5. The molecule has 112 valence electrons. The maximum atomic E-state index is 13.3. The van der Waals surface area contributed by atoms with Gasteiger partial charge < -0.3 is 0 Å². The van der Waals surface area contributed by atoms with Crippen LogP contribution in [0.1, 0.15) is 22.7 Å². The van der Waals surface area contributed by atoms with Gasteiger partial charge in [-0.1, -0.05) is 12.1 Å². The summed E-state index contributed by atoms with van der Waals surface area (Å²) in [5.74, 6) is 3.95. The number of hydrazine groups is 1. The molecule has 0 amide bonds. The number of hydrogen-bond acceptors (Lipinski definition) is 2. The van der Waals surface area contributed by atoms with Crippen LogP contribution in [0, 0.1) is 11.6 Å². The van der Waals surface area contributed by atoms with Gasteiger partial charge in [0, 0.05) is 0 Å². The highest BCUT2D eigenvalue weighted by atomic mass is 19.4. The molecule has 7 heteroatoms. The van der Waals surface area contributed by atoms with Gasteiger partial charge in [-0.2, -0.15) is 13.2 Å². The highest BCUT2D eigenvalue weighted by Crippen LogP contribution is 2.36. The second-order valence-corrected chi connectivity index (χ2v) is 4.38. The summed E-state index contributed by atoms with van der Waals surface area (Å²) in [7, 11) is 0. The van der Waals surface area contributed by atoms with Crippen LogP contribution < -0.4 is 11.3 Å². The van der Waals surface area contributed by atoms with Crippen LogP contribution >= 0.6 is 0 Å². The fourth-order valence-electron chi connectivity index (χ4n) is 2.05. The molecule has 0 saturated carbocycles. The summed E-state index contributed by atoms with van der Waals surface area (Å²) < 4.78 is 65.2. The largest absolute Gasteiger partial charge is 0.416 e. The smallest absolute Gasteiger partial charge is 0.271 e. The lowest BCUT2D eigenvalue weighted by molar-refractivity contribution is -0.138. The molecule has 1 unspecified atom stereocenters. The van der Waals surface area contributed by atoms with Crippen molar-refractivity contribution in [2.45, 2.75) is 12.2 Å². The van der Waals surface area contributed by atoms with E-state index in [1.165, 1.54) is 12.1 Å². The molecule has 0 spiro atoms. The maximum Gasteiger partial charge on any atom is 0.416 e. The Bertz CT molecular complexity index is 622. The van der Waals surface area contributed by atoms with Gasteiger partial charge >= 0.3 is 6.18 Å². The lowest BCUT2D eigenvalue weighted by Gasteiger charge is -2.21. The molecule has 0 aliphatic heterocycles. The molecule has 3 N–H and O–H groups in total. The number of alkyl halides is 3. The molecule has 0 radical (unpaired) electrons. The van der Waals surface area contributed by atoms with Gasteiger partial charge in [-0.3, -0.25) is 5.84 Å². The first-order valence-electron chi connectivity index (χ1n) is 5.91. The Morgan fingerprint density at radius 3 is 2.00 bits per heavy atom. The quantitative estimate of drug-likeness (QED) is 0.517. The van der Waals surface area contributed by atoms with Crippen molar-refractivity contribution < 1.29 is 22.0 Å². The molecular formula is C14H11F5N2. The predicted molar refractivity (Wildman–Crippen MR) is 67.0 cm³/mol. The first kappa shape index (κ1) is 15.4. The minimum Gasteiger partial charge on any atom is -0.271 e. The van der Waals surface area contributed by atoms with Crippen LogP contribution in [0.25, 0.3) is 0 Å². The first-order valence-corrected chi connectivity index (χ1v) is 5.91. The summed E-state index contributed by atoms with van der Waals surface area (Å²) in [5, 5.41) is 0. The summed E-state index contributed by atoms with van der Waals surface area (Å²) >= 11 is 0. The number of benzene rings is 2. The Labute approximate surface area is 117 Å². The van der Waals surface area contributed by atoms with Crippen LogP contribution in [0.4, 0.5) is 22.0 Å². The van der Waals surface area contributed by atoms with E-state index >= 15 is 0 Å². The van der Waals surface area contributed by atoms with E-state index in [0.717, 1.165) is 24.3 Å². The van der Waals surface area contributed by atoms with Gasteiger partial charge in [-0.05, 0) is 41.5 Å². The fourth-order valence-corrected chi connectivity index (χ4v) is 2.05. The van der Waals surface area contributed by atoms with E-state index in [-0.39, 0.29) is 11.1 Å². The average molecular weight is 302 g/mol. The van der Waals surface area contributed by atoms with Crippen LogP contribution in [-0.2, 0) is 6.18 Å². The molecule has 21 heavy (non-hydrogen) atoms. The monoisotopic (exact) mass is 302 g/mol. The van der Waals surface area contributed by atoms with Crippen molar-refractivity contribution in [3.05, 3.63) is 70.8 Å². The molecule has 0 aliphatic carbocycles. The SMILES string of the molecule is NNC(c1ccc(F)cc1)c1cc(F)ccc1C(F)(F)F. The molecule has 0 bridgehead atoms. The zero-order chi connectivity index (χ0) is 15.6. The molecule has 2 aromatic carbocycles. The Kier molecular flexibility index (Phi) is 4.24. The van der Waals surface area contributed by atoms with Crippen LogP contribution in [0.3, 0.4) is 0 Å². The van der Waals surface area contributed by atoms with Crippen molar-refractivity contribution in [1.29, 1.82) is 0 Å². The van der Waals surface area contributed by atoms with E-state index in [0.29, 0.717) is 6.07 Å². The average Bonchev–Trinajstić information content (AvgIpc) is 2.40. The molecule has 2 nitrogen and oxygen atoms in total. The van der Waals surface area contributed by atoms with E-state index in [2.05, 4.69) is 5.43 Å². The summed E-state index contributed by atoms with van der Waals surface area (Å²) in [4.78, 5) is 0. The van der Waals surface area contributed by atoms with Crippen molar-refractivity contribution in [2.24, 2.45) is 5.84 Å². The lowest BCUT2D eigenvalue weighted by atomic mass is 9.94. The normalized spacial score (nSPS) is 13.2. The van der Waals surface area contributed by atoms with Gasteiger partial charge in [-0.25, -0.2) is 14.2 Å². The van der Waals surface area contributed by atoms with Gasteiger partial charge in [-0.15, -0.1) is 0 Å². The molecule has 1 atom stereocenters. The molecule has 0 saturated heterocycles. The Hall–Kier alpha value is -1.99. The predicted octanol–water partition coefficient (Wildman–Crippen LogP) is 3.54. The van der Waals surface area contributed by atoms with Crippen LogP contribution in [-0.4, -0.2) is 0 Å². The summed E-state index contributed by atoms with van der Waals surface area (Å²) in [5.41, 5.74) is 1.12. The third kappa shape index (κ3) is 3.37. The Morgan fingerprint density at radius 1 is 0.905 bits per heavy atom. The number of rotatable bonds is 3. The minimum atomic E-state index is -4.65. The highest BCUT2D eigenvalue weighted by molar-refractivity contribution is 5.39. The van der Waals surface area contributed by atoms with Gasteiger partial charge in [0.2, 0.25) is 0 Å². The van der Waals surface area contributed by atoms with E-state index in [4.69, 9.17) is 5.84 Å². The van der Waals surface area contributed by atoms with Crippen LogP contribution in [0.2, 0.25) is 0 Å². The van der Waals surface area contributed by atoms with Gasteiger partial charge in [0.1, 0.15) is 11.6 Å². The fraction of sp³-hybridized carbons (Fsp3) is 0.143. The molecule has 0 aliphatic rings. The lowest BCUT2D eigenvalue weighted by Crippen LogP contribution is -2.30. The second kappa shape index (κ2) is 5.79. The van der Waals surface area contributed by atoms with Crippen molar-refractivity contribution >= 4 is 0 Å². The van der Waals surface area contributed by atoms with E-state index < -0.39 is 29.4 Å². The minimum absolute atomic E-state index is 0.287. The topological polar surface area (TPSA) is 38.0 Å².